The number of nitrogens with zero attached hydrogens (tertiary/aromatic N) is 2. The highest BCUT2D eigenvalue weighted by Gasteiger charge is 2.11. The van der Waals surface area contributed by atoms with E-state index in [0.29, 0.717) is 5.88 Å². The number of hydrogen-bond donors (Lipinski definition) is 0. The number of rotatable bonds is 4. The Morgan fingerprint density at radius 1 is 1.21 bits per heavy atom. The fourth-order valence-corrected chi connectivity index (χ4v) is 3.81. The Bertz CT molecular complexity index is 704. The summed E-state index contributed by atoms with van der Waals surface area (Å²) in [6.07, 6.45) is 0.794. The standard InChI is InChI=1S/C14H12BrClN2S/c15-13-6-5-10(19-13)9-18-12-4-2-1-3-11(12)17-14(18)7-8-16/h1-6H,7-9H2. The lowest BCUT2D eigenvalue weighted by atomic mass is 10.3. The van der Waals surface area contributed by atoms with Gasteiger partial charge in [-0.25, -0.2) is 4.98 Å². The fraction of sp³-hybridized carbons (Fsp3) is 0.214. The third-order valence-corrected chi connectivity index (χ3v) is 4.79. The molecule has 98 valence electrons. The minimum atomic E-state index is 0.595. The molecule has 0 fully saturated rings. The topological polar surface area (TPSA) is 17.8 Å². The normalized spacial score (nSPS) is 11.3. The first-order chi connectivity index (χ1) is 9.28. The van der Waals surface area contributed by atoms with Crippen molar-refractivity contribution in [3.05, 3.63) is 50.9 Å². The van der Waals surface area contributed by atoms with Crippen molar-refractivity contribution < 1.29 is 0 Å². The van der Waals surface area contributed by atoms with Crippen molar-refractivity contribution in [3.63, 3.8) is 0 Å². The van der Waals surface area contributed by atoms with Crippen LogP contribution in [0.15, 0.2) is 40.2 Å². The van der Waals surface area contributed by atoms with Gasteiger partial charge >= 0.3 is 0 Å². The molecular weight excluding hydrogens is 344 g/mol. The summed E-state index contributed by atoms with van der Waals surface area (Å²) in [5.41, 5.74) is 2.21. The van der Waals surface area contributed by atoms with E-state index in [1.807, 2.05) is 12.1 Å². The summed E-state index contributed by atoms with van der Waals surface area (Å²) >= 11 is 11.1. The maximum absolute atomic E-state index is 5.88. The van der Waals surface area contributed by atoms with Crippen molar-refractivity contribution >= 4 is 49.9 Å². The molecule has 0 radical (unpaired) electrons. The van der Waals surface area contributed by atoms with Crippen molar-refractivity contribution in [1.82, 2.24) is 9.55 Å². The lowest BCUT2D eigenvalue weighted by Gasteiger charge is -2.06. The Kier molecular flexibility index (Phi) is 3.91. The molecule has 0 aliphatic carbocycles. The third-order valence-electron chi connectivity index (χ3n) is 2.99. The second kappa shape index (κ2) is 5.65. The van der Waals surface area contributed by atoms with Crippen molar-refractivity contribution in [3.8, 4) is 0 Å². The summed E-state index contributed by atoms with van der Waals surface area (Å²) in [6, 6.07) is 12.5. The average Bonchev–Trinajstić information content (AvgIpc) is 2.96. The van der Waals surface area contributed by atoms with Crippen LogP contribution in [0.1, 0.15) is 10.7 Å². The Balaban J connectivity index is 2.06. The van der Waals surface area contributed by atoms with Crippen LogP contribution in [0, 0.1) is 0 Å². The monoisotopic (exact) mass is 354 g/mol. The Hall–Kier alpha value is -0.840. The first-order valence-electron chi connectivity index (χ1n) is 6.02. The molecule has 1 aromatic carbocycles. The van der Waals surface area contributed by atoms with E-state index < -0.39 is 0 Å². The summed E-state index contributed by atoms with van der Waals surface area (Å²) < 4.78 is 3.42. The van der Waals surface area contributed by atoms with Gasteiger partial charge in [0.2, 0.25) is 0 Å². The zero-order valence-corrected chi connectivity index (χ0v) is 13.3. The Labute approximate surface area is 129 Å². The zero-order chi connectivity index (χ0) is 13.2. The molecule has 0 amide bonds. The molecule has 5 heteroatoms. The van der Waals surface area contributed by atoms with Crippen LogP contribution >= 0.6 is 38.9 Å². The van der Waals surface area contributed by atoms with Gasteiger partial charge in [-0.15, -0.1) is 22.9 Å². The lowest BCUT2D eigenvalue weighted by molar-refractivity contribution is 0.763. The van der Waals surface area contributed by atoms with E-state index in [0.717, 1.165) is 28.1 Å². The second-order valence-electron chi connectivity index (χ2n) is 4.25. The van der Waals surface area contributed by atoms with Gasteiger partial charge in [-0.2, -0.15) is 0 Å². The predicted molar refractivity (Wildman–Crippen MR) is 85.3 cm³/mol. The second-order valence-corrected chi connectivity index (χ2v) is 7.17. The average molecular weight is 356 g/mol. The van der Waals surface area contributed by atoms with Gasteiger partial charge in [0.25, 0.3) is 0 Å². The van der Waals surface area contributed by atoms with Gasteiger partial charge in [0.05, 0.1) is 21.4 Å². The predicted octanol–water partition coefficient (Wildman–Crippen LogP) is 4.69. The van der Waals surface area contributed by atoms with Crippen LogP contribution in [0.4, 0.5) is 0 Å². The minimum Gasteiger partial charge on any atom is -0.323 e. The van der Waals surface area contributed by atoms with Crippen molar-refractivity contribution in [1.29, 1.82) is 0 Å². The zero-order valence-electron chi connectivity index (χ0n) is 10.1. The Morgan fingerprint density at radius 3 is 2.79 bits per heavy atom. The number of alkyl halides is 1. The van der Waals surface area contributed by atoms with Crippen LogP contribution in [-0.2, 0) is 13.0 Å². The van der Waals surface area contributed by atoms with Crippen molar-refractivity contribution in [2.45, 2.75) is 13.0 Å². The van der Waals surface area contributed by atoms with Crippen LogP contribution < -0.4 is 0 Å². The van der Waals surface area contributed by atoms with E-state index in [2.05, 4.69) is 49.7 Å². The Morgan fingerprint density at radius 2 is 2.05 bits per heavy atom. The largest absolute Gasteiger partial charge is 0.323 e. The summed E-state index contributed by atoms with van der Waals surface area (Å²) in [6.45, 7) is 0.850. The van der Waals surface area contributed by atoms with Crippen LogP contribution in [0.2, 0.25) is 0 Å². The molecule has 0 atom stereocenters. The lowest BCUT2D eigenvalue weighted by Crippen LogP contribution is -2.04. The number of hydrogen-bond acceptors (Lipinski definition) is 2. The highest BCUT2D eigenvalue weighted by Crippen LogP contribution is 2.25. The van der Waals surface area contributed by atoms with E-state index >= 15 is 0 Å². The SMILES string of the molecule is ClCCc1nc2ccccc2n1Cc1ccc(Br)s1. The smallest absolute Gasteiger partial charge is 0.111 e. The van der Waals surface area contributed by atoms with Gasteiger partial charge in [0, 0.05) is 17.2 Å². The molecule has 0 N–H and O–H groups in total. The van der Waals surface area contributed by atoms with Gasteiger partial charge in [0.1, 0.15) is 5.82 Å². The van der Waals surface area contributed by atoms with Gasteiger partial charge in [0.15, 0.2) is 0 Å². The molecule has 0 aliphatic rings. The van der Waals surface area contributed by atoms with Crippen molar-refractivity contribution in [2.24, 2.45) is 0 Å². The molecule has 3 aromatic rings. The molecule has 2 heterocycles. The van der Waals surface area contributed by atoms with E-state index in [-0.39, 0.29) is 0 Å². The van der Waals surface area contributed by atoms with E-state index in [4.69, 9.17) is 11.6 Å². The molecule has 0 unspecified atom stereocenters. The first kappa shape index (κ1) is 13.2. The van der Waals surface area contributed by atoms with E-state index in [9.17, 15) is 0 Å². The molecule has 0 spiro atoms. The van der Waals surface area contributed by atoms with Gasteiger partial charge < -0.3 is 4.57 Å². The highest BCUT2D eigenvalue weighted by atomic mass is 79.9. The number of para-hydroxylation sites is 2. The molecule has 19 heavy (non-hydrogen) atoms. The summed E-state index contributed by atoms with van der Waals surface area (Å²) in [5.74, 6) is 1.65. The molecule has 2 aromatic heterocycles. The number of fused-ring (bicyclic) bond motifs is 1. The van der Waals surface area contributed by atoms with Crippen molar-refractivity contribution in [2.75, 3.05) is 5.88 Å². The molecule has 0 saturated carbocycles. The number of imidazole rings is 1. The van der Waals surface area contributed by atoms with Gasteiger partial charge in [-0.1, -0.05) is 12.1 Å². The number of aromatic nitrogens is 2. The van der Waals surface area contributed by atoms with E-state index in [1.165, 1.54) is 10.4 Å². The first-order valence-corrected chi connectivity index (χ1v) is 8.16. The quantitative estimate of drug-likeness (QED) is 0.621. The number of halogens is 2. The number of aryl methyl sites for hydroxylation is 1. The maximum atomic E-state index is 5.88. The van der Waals surface area contributed by atoms with Crippen LogP contribution in [0.5, 0.6) is 0 Å². The third kappa shape index (κ3) is 2.71. The van der Waals surface area contributed by atoms with Crippen LogP contribution in [0.25, 0.3) is 11.0 Å². The number of benzene rings is 1. The molecule has 3 rings (SSSR count). The van der Waals surface area contributed by atoms with Gasteiger partial charge in [-0.3, -0.25) is 0 Å². The molecule has 0 saturated heterocycles. The highest BCUT2D eigenvalue weighted by molar-refractivity contribution is 9.11. The summed E-state index contributed by atoms with van der Waals surface area (Å²) in [7, 11) is 0. The molecule has 0 bridgehead atoms. The van der Waals surface area contributed by atoms with Crippen LogP contribution in [0.3, 0.4) is 0 Å². The maximum Gasteiger partial charge on any atom is 0.111 e. The van der Waals surface area contributed by atoms with Gasteiger partial charge in [-0.05, 0) is 40.2 Å². The minimum absolute atomic E-state index is 0.595. The molecule has 0 aliphatic heterocycles. The number of thiophene rings is 1. The summed E-state index contributed by atoms with van der Waals surface area (Å²) in [4.78, 5) is 5.99. The molecular formula is C14H12BrClN2S. The molecule has 2 nitrogen and oxygen atoms in total. The van der Waals surface area contributed by atoms with Crippen LogP contribution in [-0.4, -0.2) is 15.4 Å². The fourth-order valence-electron chi connectivity index (χ4n) is 2.17. The van der Waals surface area contributed by atoms with E-state index in [1.54, 1.807) is 11.3 Å². The summed E-state index contributed by atoms with van der Waals surface area (Å²) in [5, 5.41) is 0.